The first-order valence-corrected chi connectivity index (χ1v) is 11.1. The van der Waals surface area contributed by atoms with Gasteiger partial charge in [0.1, 0.15) is 5.82 Å². The predicted octanol–water partition coefficient (Wildman–Crippen LogP) is 6.41. The average molecular weight is 481 g/mol. The topological polar surface area (TPSA) is 81.7 Å². The van der Waals surface area contributed by atoms with Gasteiger partial charge in [-0.3, -0.25) is 4.98 Å². The second-order valence-electron chi connectivity index (χ2n) is 7.89. The molecule has 3 aromatic heterocycles. The minimum absolute atomic E-state index is 0.0317. The molecule has 0 unspecified atom stereocenters. The third-order valence-electron chi connectivity index (χ3n) is 5.49. The summed E-state index contributed by atoms with van der Waals surface area (Å²) in [6, 6.07) is 11.1. The summed E-state index contributed by atoms with van der Waals surface area (Å²) >= 11 is 1.48. The van der Waals surface area contributed by atoms with Gasteiger partial charge >= 0.3 is 6.18 Å². The van der Waals surface area contributed by atoms with E-state index < -0.39 is 11.7 Å². The number of hydrogen-bond donors (Lipinski definition) is 2. The van der Waals surface area contributed by atoms with Gasteiger partial charge in [0, 0.05) is 47.3 Å². The van der Waals surface area contributed by atoms with Crippen molar-refractivity contribution in [3.8, 4) is 22.6 Å². The van der Waals surface area contributed by atoms with Crippen LogP contribution >= 0.6 is 11.3 Å². The van der Waals surface area contributed by atoms with Gasteiger partial charge < -0.3 is 15.6 Å². The minimum Gasteiger partial charge on any atom is -0.399 e. The molecular formula is C24H19F3N6S. The molecule has 0 saturated carbocycles. The number of nitrogens with two attached hydrogens (primary N) is 1. The lowest BCUT2D eigenvalue weighted by Crippen LogP contribution is -2.06. The van der Waals surface area contributed by atoms with Crippen molar-refractivity contribution in [3.05, 3.63) is 71.4 Å². The maximum absolute atomic E-state index is 13.3. The number of halogens is 3. The lowest BCUT2D eigenvalue weighted by atomic mass is 10.1. The van der Waals surface area contributed by atoms with Crippen molar-refractivity contribution in [2.75, 3.05) is 11.1 Å². The number of hydrogen-bond acceptors (Lipinski definition) is 6. The number of thiazole rings is 1. The molecule has 172 valence electrons. The molecule has 0 aliphatic heterocycles. The van der Waals surface area contributed by atoms with E-state index in [1.165, 1.54) is 17.4 Å². The van der Waals surface area contributed by atoms with Gasteiger partial charge in [0.15, 0.2) is 5.13 Å². The number of imidazole rings is 1. The molecule has 6 nitrogen and oxygen atoms in total. The zero-order chi connectivity index (χ0) is 24.0. The quantitative estimate of drug-likeness (QED) is 0.291. The lowest BCUT2D eigenvalue weighted by molar-refractivity contribution is -0.137. The van der Waals surface area contributed by atoms with Gasteiger partial charge in [-0.2, -0.15) is 13.2 Å². The Morgan fingerprint density at radius 1 is 1.00 bits per heavy atom. The van der Waals surface area contributed by atoms with E-state index >= 15 is 0 Å². The number of benzene rings is 2. The highest BCUT2D eigenvalue weighted by Crippen LogP contribution is 2.36. The van der Waals surface area contributed by atoms with Crippen LogP contribution in [0.5, 0.6) is 0 Å². The van der Waals surface area contributed by atoms with Crippen LogP contribution < -0.4 is 11.1 Å². The average Bonchev–Trinajstić information content (AvgIpc) is 3.39. The van der Waals surface area contributed by atoms with Gasteiger partial charge in [-0.25, -0.2) is 9.97 Å². The van der Waals surface area contributed by atoms with E-state index in [1.807, 2.05) is 36.6 Å². The molecule has 0 bridgehead atoms. The zero-order valence-corrected chi connectivity index (χ0v) is 19.0. The van der Waals surface area contributed by atoms with Crippen LogP contribution in [-0.2, 0) is 13.2 Å². The number of aryl methyl sites for hydroxylation is 2. The molecule has 5 aromatic rings. The second-order valence-corrected chi connectivity index (χ2v) is 8.75. The highest BCUT2D eigenvalue weighted by molar-refractivity contribution is 7.14. The molecule has 0 atom stereocenters. The molecule has 0 amide bonds. The molecule has 0 saturated heterocycles. The van der Waals surface area contributed by atoms with Crippen molar-refractivity contribution >= 4 is 38.9 Å². The third kappa shape index (κ3) is 4.08. The molecule has 5 rings (SSSR count). The summed E-state index contributed by atoms with van der Waals surface area (Å²) in [5, 5.41) is 6.01. The van der Waals surface area contributed by atoms with Crippen molar-refractivity contribution in [1.82, 2.24) is 19.5 Å². The summed E-state index contributed by atoms with van der Waals surface area (Å²) < 4.78 is 41.6. The van der Waals surface area contributed by atoms with Crippen molar-refractivity contribution in [3.63, 3.8) is 0 Å². The van der Waals surface area contributed by atoms with Crippen LogP contribution in [-0.4, -0.2) is 19.5 Å². The van der Waals surface area contributed by atoms with Crippen LogP contribution in [0.3, 0.4) is 0 Å². The van der Waals surface area contributed by atoms with Crippen molar-refractivity contribution in [2.24, 2.45) is 7.05 Å². The Bertz CT molecular complexity index is 1500. The van der Waals surface area contributed by atoms with Gasteiger partial charge in [0.2, 0.25) is 0 Å². The Kier molecular flexibility index (Phi) is 5.24. The fourth-order valence-electron chi connectivity index (χ4n) is 3.78. The SMILES string of the molecule is Cc1cc2c(cc1Nc1nc(-c3ccncc3)cs1)nc(-c1cc(N)cc(C(F)(F)F)c1)n2C. The van der Waals surface area contributed by atoms with E-state index in [2.05, 4.69) is 20.3 Å². The van der Waals surface area contributed by atoms with Crippen molar-refractivity contribution < 1.29 is 13.2 Å². The van der Waals surface area contributed by atoms with Gasteiger partial charge in [0.05, 0.1) is 22.3 Å². The van der Waals surface area contributed by atoms with E-state index in [1.54, 1.807) is 24.0 Å². The molecule has 10 heteroatoms. The van der Waals surface area contributed by atoms with Crippen LogP contribution in [0.2, 0.25) is 0 Å². The second kappa shape index (κ2) is 8.14. The summed E-state index contributed by atoms with van der Waals surface area (Å²) in [5.41, 5.74) is 10.3. The maximum atomic E-state index is 13.3. The third-order valence-corrected chi connectivity index (χ3v) is 6.25. The molecule has 0 fully saturated rings. The number of nitrogens with zero attached hydrogens (tertiary/aromatic N) is 4. The number of rotatable bonds is 4. The first-order chi connectivity index (χ1) is 16.2. The van der Waals surface area contributed by atoms with Crippen molar-refractivity contribution in [2.45, 2.75) is 13.1 Å². The largest absolute Gasteiger partial charge is 0.416 e. The summed E-state index contributed by atoms with van der Waals surface area (Å²) in [7, 11) is 1.77. The van der Waals surface area contributed by atoms with E-state index in [0.29, 0.717) is 16.9 Å². The maximum Gasteiger partial charge on any atom is 0.416 e. The molecular weight excluding hydrogens is 461 g/mol. The number of fused-ring (bicyclic) bond motifs is 1. The predicted molar refractivity (Wildman–Crippen MR) is 129 cm³/mol. The Labute approximate surface area is 196 Å². The normalized spacial score (nSPS) is 11.8. The minimum atomic E-state index is -4.49. The Balaban J connectivity index is 1.51. The summed E-state index contributed by atoms with van der Waals surface area (Å²) in [6.07, 6.45) is -1.06. The number of nitrogen functional groups attached to an aromatic ring is 1. The lowest BCUT2D eigenvalue weighted by Gasteiger charge is -2.10. The monoisotopic (exact) mass is 480 g/mol. The van der Waals surface area contributed by atoms with E-state index in [9.17, 15) is 13.2 Å². The number of alkyl halides is 3. The van der Waals surface area contributed by atoms with Crippen LogP contribution in [0.25, 0.3) is 33.7 Å². The van der Waals surface area contributed by atoms with Crippen molar-refractivity contribution in [1.29, 1.82) is 0 Å². The number of aromatic nitrogens is 4. The van der Waals surface area contributed by atoms with E-state index in [-0.39, 0.29) is 5.69 Å². The molecule has 2 aromatic carbocycles. The Morgan fingerprint density at radius 2 is 1.76 bits per heavy atom. The summed E-state index contributed by atoms with van der Waals surface area (Å²) in [5.74, 6) is 0.401. The molecule has 3 N–H and O–H groups in total. The van der Waals surface area contributed by atoms with Gasteiger partial charge in [-0.05, 0) is 55.0 Å². The molecule has 0 spiro atoms. The highest BCUT2D eigenvalue weighted by atomic mass is 32.1. The zero-order valence-electron chi connectivity index (χ0n) is 18.2. The first-order valence-electron chi connectivity index (χ1n) is 10.3. The number of nitrogens with one attached hydrogen (secondary N) is 1. The smallest absolute Gasteiger partial charge is 0.399 e. The Morgan fingerprint density at radius 3 is 2.50 bits per heavy atom. The molecule has 34 heavy (non-hydrogen) atoms. The van der Waals surface area contributed by atoms with Gasteiger partial charge in [-0.15, -0.1) is 11.3 Å². The fourth-order valence-corrected chi connectivity index (χ4v) is 4.51. The standard InChI is InChI=1S/C24H19F3N6S/c1-13-7-21-19(11-18(13)31-23-32-20(12-34-23)14-3-5-29-6-4-14)30-22(33(21)2)15-8-16(24(25,26)27)10-17(28)9-15/h3-12H,28H2,1-2H3,(H,31,32). The van der Waals surface area contributed by atoms with Gasteiger partial charge in [0.25, 0.3) is 0 Å². The van der Waals surface area contributed by atoms with Crippen LogP contribution in [0.15, 0.2) is 60.2 Å². The number of pyridine rings is 1. The summed E-state index contributed by atoms with van der Waals surface area (Å²) in [4.78, 5) is 13.3. The van der Waals surface area contributed by atoms with Gasteiger partial charge in [-0.1, -0.05) is 0 Å². The highest BCUT2D eigenvalue weighted by Gasteiger charge is 2.31. The first kappa shape index (κ1) is 21.9. The molecule has 3 heterocycles. The Hall–Kier alpha value is -3.92. The van der Waals surface area contributed by atoms with Crippen LogP contribution in [0, 0.1) is 6.92 Å². The molecule has 0 aliphatic carbocycles. The van der Waals surface area contributed by atoms with E-state index in [4.69, 9.17) is 5.73 Å². The fraction of sp³-hybridized carbons (Fsp3) is 0.125. The summed E-state index contributed by atoms with van der Waals surface area (Å²) in [6.45, 7) is 1.95. The molecule has 0 radical (unpaired) electrons. The number of anilines is 3. The molecule has 0 aliphatic rings. The van der Waals surface area contributed by atoms with Crippen LogP contribution in [0.1, 0.15) is 11.1 Å². The van der Waals surface area contributed by atoms with Crippen LogP contribution in [0.4, 0.5) is 29.7 Å². The van der Waals surface area contributed by atoms with E-state index in [0.717, 1.165) is 45.3 Å².